The first-order chi connectivity index (χ1) is 14.5. The molecule has 0 atom stereocenters. The minimum Gasteiger partial charge on any atom is -0.203 e. The summed E-state index contributed by atoms with van der Waals surface area (Å²) < 4.78 is 57.1. The van der Waals surface area contributed by atoms with Crippen LogP contribution >= 0.6 is 0 Å². The molecule has 30 heavy (non-hydrogen) atoms. The Morgan fingerprint density at radius 1 is 0.900 bits per heavy atom. The summed E-state index contributed by atoms with van der Waals surface area (Å²) in [5.74, 6) is 2.06. The normalized spacial score (nSPS) is 19.0. The van der Waals surface area contributed by atoms with Crippen molar-refractivity contribution in [3.8, 4) is 11.8 Å². The summed E-state index contributed by atoms with van der Waals surface area (Å²) in [6, 6.07) is 6.43. The van der Waals surface area contributed by atoms with E-state index in [0.29, 0.717) is 17.5 Å². The van der Waals surface area contributed by atoms with Gasteiger partial charge in [0.25, 0.3) is 0 Å². The number of benzene rings is 2. The minimum atomic E-state index is -0.882. The van der Waals surface area contributed by atoms with Gasteiger partial charge in [0.15, 0.2) is 23.3 Å². The second-order valence-corrected chi connectivity index (χ2v) is 7.87. The standard InChI is InChI=1S/C26H26F4/c1-3-5-19-13-14-21(24(28)23(19)27)12-9-17-7-10-18(11-8-17)22-16-15-20(6-4-2)25(29)26(22)30/h9,12-18H,3,5,7-8,10-11H2,1-2H3/b12-9+. The topological polar surface area (TPSA) is 0 Å². The van der Waals surface area contributed by atoms with Gasteiger partial charge in [-0.25, -0.2) is 17.6 Å². The van der Waals surface area contributed by atoms with Crippen molar-refractivity contribution in [1.29, 1.82) is 0 Å². The average molecular weight is 414 g/mol. The number of allylic oxidation sites excluding steroid dienone is 1. The van der Waals surface area contributed by atoms with Crippen molar-refractivity contribution >= 4 is 6.08 Å². The molecular weight excluding hydrogens is 388 g/mol. The van der Waals surface area contributed by atoms with E-state index in [-0.39, 0.29) is 23.0 Å². The molecule has 0 aromatic heterocycles. The summed E-state index contributed by atoms with van der Waals surface area (Å²) in [6.45, 7) is 3.51. The van der Waals surface area contributed by atoms with Crippen molar-refractivity contribution < 1.29 is 17.6 Å². The lowest BCUT2D eigenvalue weighted by Crippen LogP contribution is -2.14. The lowest BCUT2D eigenvalue weighted by Gasteiger charge is -2.27. The van der Waals surface area contributed by atoms with Gasteiger partial charge in [0, 0.05) is 5.56 Å². The lowest BCUT2D eigenvalue weighted by molar-refractivity contribution is 0.364. The Labute approximate surface area is 176 Å². The number of rotatable bonds is 5. The molecule has 1 aliphatic carbocycles. The van der Waals surface area contributed by atoms with Crippen molar-refractivity contribution in [1.82, 2.24) is 0 Å². The fourth-order valence-electron chi connectivity index (χ4n) is 4.17. The summed E-state index contributed by atoms with van der Waals surface area (Å²) in [5, 5.41) is 0. The van der Waals surface area contributed by atoms with E-state index in [4.69, 9.17) is 0 Å². The van der Waals surface area contributed by atoms with Crippen LogP contribution in [0.3, 0.4) is 0 Å². The number of hydrogen-bond acceptors (Lipinski definition) is 0. The van der Waals surface area contributed by atoms with Gasteiger partial charge in [0.2, 0.25) is 0 Å². The predicted molar refractivity (Wildman–Crippen MR) is 113 cm³/mol. The third-order valence-electron chi connectivity index (χ3n) is 5.84. The zero-order chi connectivity index (χ0) is 21.7. The number of hydrogen-bond donors (Lipinski definition) is 0. The Kier molecular flexibility index (Phi) is 7.37. The van der Waals surface area contributed by atoms with E-state index in [9.17, 15) is 17.6 Å². The van der Waals surface area contributed by atoms with E-state index in [1.54, 1.807) is 31.2 Å². The molecule has 4 heteroatoms. The van der Waals surface area contributed by atoms with Gasteiger partial charge in [0.1, 0.15) is 0 Å². The highest BCUT2D eigenvalue weighted by Gasteiger charge is 2.25. The van der Waals surface area contributed by atoms with Crippen molar-refractivity contribution in [2.45, 2.75) is 58.3 Å². The molecule has 3 rings (SSSR count). The SMILES string of the molecule is CC#Cc1ccc(C2CCC(/C=C/c3ccc(CCC)c(F)c3F)CC2)c(F)c1F. The van der Waals surface area contributed by atoms with Crippen LogP contribution in [0.2, 0.25) is 0 Å². The monoisotopic (exact) mass is 414 g/mol. The molecule has 0 aliphatic heterocycles. The van der Waals surface area contributed by atoms with Crippen LogP contribution in [0.15, 0.2) is 30.3 Å². The third kappa shape index (κ3) is 4.78. The second-order valence-electron chi connectivity index (χ2n) is 7.87. The molecule has 0 spiro atoms. The van der Waals surface area contributed by atoms with Gasteiger partial charge in [-0.1, -0.05) is 49.6 Å². The molecule has 0 radical (unpaired) electrons. The predicted octanol–water partition coefficient (Wildman–Crippen LogP) is 7.55. The molecular formula is C26H26F4. The van der Waals surface area contributed by atoms with E-state index in [1.165, 1.54) is 6.07 Å². The van der Waals surface area contributed by atoms with Gasteiger partial charge in [-0.3, -0.25) is 0 Å². The van der Waals surface area contributed by atoms with Gasteiger partial charge in [0.05, 0.1) is 5.56 Å². The van der Waals surface area contributed by atoms with Crippen LogP contribution in [-0.2, 0) is 6.42 Å². The first kappa shape index (κ1) is 22.2. The summed E-state index contributed by atoms with van der Waals surface area (Å²) in [5.41, 5.74) is 1.12. The highest BCUT2D eigenvalue weighted by Crippen LogP contribution is 2.38. The Bertz CT molecular complexity index is 986. The van der Waals surface area contributed by atoms with Crippen molar-refractivity contribution in [3.63, 3.8) is 0 Å². The Balaban J connectivity index is 1.66. The Morgan fingerprint density at radius 3 is 2.30 bits per heavy atom. The molecule has 158 valence electrons. The molecule has 1 saturated carbocycles. The van der Waals surface area contributed by atoms with Gasteiger partial charge >= 0.3 is 0 Å². The van der Waals surface area contributed by atoms with Gasteiger partial charge in [-0.15, -0.1) is 5.92 Å². The highest BCUT2D eigenvalue weighted by molar-refractivity contribution is 5.51. The van der Waals surface area contributed by atoms with E-state index in [1.807, 2.05) is 13.0 Å². The van der Waals surface area contributed by atoms with Gasteiger partial charge in [-0.05, 0) is 68.1 Å². The largest absolute Gasteiger partial charge is 0.203 e. The lowest BCUT2D eigenvalue weighted by atomic mass is 9.78. The quantitative estimate of drug-likeness (QED) is 0.350. The van der Waals surface area contributed by atoms with Crippen LogP contribution in [0.4, 0.5) is 17.6 Å². The first-order valence-electron chi connectivity index (χ1n) is 10.5. The van der Waals surface area contributed by atoms with E-state index < -0.39 is 23.3 Å². The van der Waals surface area contributed by atoms with Crippen LogP contribution in [0.5, 0.6) is 0 Å². The minimum absolute atomic E-state index is 0.0460. The van der Waals surface area contributed by atoms with Crippen LogP contribution in [0.1, 0.15) is 74.1 Å². The maximum Gasteiger partial charge on any atom is 0.174 e. The molecule has 0 bridgehead atoms. The van der Waals surface area contributed by atoms with Crippen molar-refractivity contribution in [3.05, 3.63) is 75.9 Å². The molecule has 0 heterocycles. The van der Waals surface area contributed by atoms with Crippen LogP contribution in [-0.4, -0.2) is 0 Å². The maximum atomic E-state index is 14.5. The molecule has 0 N–H and O–H groups in total. The Morgan fingerprint density at radius 2 is 1.63 bits per heavy atom. The van der Waals surface area contributed by atoms with Gasteiger partial charge in [-0.2, -0.15) is 0 Å². The Hall–Kier alpha value is -2.54. The highest BCUT2D eigenvalue weighted by atomic mass is 19.2. The third-order valence-corrected chi connectivity index (χ3v) is 5.84. The summed E-state index contributed by atoms with van der Waals surface area (Å²) in [7, 11) is 0. The van der Waals surface area contributed by atoms with Crippen LogP contribution < -0.4 is 0 Å². The van der Waals surface area contributed by atoms with Crippen molar-refractivity contribution in [2.75, 3.05) is 0 Å². The van der Waals surface area contributed by atoms with Crippen LogP contribution in [0.25, 0.3) is 6.08 Å². The van der Waals surface area contributed by atoms with Crippen LogP contribution in [0, 0.1) is 41.0 Å². The molecule has 2 aromatic carbocycles. The summed E-state index contributed by atoms with van der Waals surface area (Å²) >= 11 is 0. The second kappa shape index (κ2) is 9.98. The summed E-state index contributed by atoms with van der Waals surface area (Å²) in [6.07, 6.45) is 7.83. The zero-order valence-electron chi connectivity index (χ0n) is 17.4. The van der Waals surface area contributed by atoms with Crippen molar-refractivity contribution in [2.24, 2.45) is 5.92 Å². The molecule has 0 nitrogen and oxygen atoms in total. The molecule has 0 saturated heterocycles. The van der Waals surface area contributed by atoms with E-state index >= 15 is 0 Å². The molecule has 0 unspecified atom stereocenters. The fraction of sp³-hybridized carbons (Fsp3) is 0.385. The number of halogens is 4. The molecule has 1 fully saturated rings. The molecule has 0 amide bonds. The average Bonchev–Trinajstić information content (AvgIpc) is 2.75. The summed E-state index contributed by atoms with van der Waals surface area (Å²) in [4.78, 5) is 0. The van der Waals surface area contributed by atoms with E-state index in [0.717, 1.165) is 32.1 Å². The van der Waals surface area contributed by atoms with E-state index in [2.05, 4.69) is 11.8 Å². The number of aryl methyl sites for hydroxylation is 1. The fourth-order valence-corrected chi connectivity index (χ4v) is 4.17. The molecule has 2 aromatic rings. The smallest absolute Gasteiger partial charge is 0.174 e. The molecule has 1 aliphatic rings. The maximum absolute atomic E-state index is 14.5. The zero-order valence-corrected chi connectivity index (χ0v) is 17.4. The van der Waals surface area contributed by atoms with Gasteiger partial charge < -0.3 is 0 Å². The first-order valence-corrected chi connectivity index (χ1v) is 10.5.